The number of fused-ring (bicyclic) bond motifs is 1. The summed E-state index contributed by atoms with van der Waals surface area (Å²) in [6.45, 7) is 1.70. The molecule has 4 aromatic rings. The molecule has 1 atom stereocenters. The Morgan fingerprint density at radius 2 is 1.28 bits per heavy atom. The smallest absolute Gasteiger partial charge is 0.319 e. The van der Waals surface area contributed by atoms with E-state index in [0.29, 0.717) is 28.1 Å². The Balaban J connectivity index is 1.52. The van der Waals surface area contributed by atoms with Gasteiger partial charge in [0.25, 0.3) is 5.91 Å². The van der Waals surface area contributed by atoms with E-state index in [1.165, 1.54) is 4.90 Å². The minimum Gasteiger partial charge on any atom is -0.319 e. The highest BCUT2D eigenvalue weighted by Gasteiger charge is 2.53. The van der Waals surface area contributed by atoms with Gasteiger partial charge in [-0.1, -0.05) is 96.6 Å². The van der Waals surface area contributed by atoms with Crippen molar-refractivity contribution < 1.29 is 19.2 Å². The molecule has 0 radical (unpaired) electrons. The number of urea groups is 1. The van der Waals surface area contributed by atoms with Crippen molar-refractivity contribution in [2.45, 2.75) is 18.9 Å². The third kappa shape index (κ3) is 5.20. The van der Waals surface area contributed by atoms with Gasteiger partial charge in [0.15, 0.2) is 17.1 Å². The van der Waals surface area contributed by atoms with Gasteiger partial charge in [-0.15, -0.1) is 0 Å². The van der Waals surface area contributed by atoms with Crippen molar-refractivity contribution in [1.82, 2.24) is 5.32 Å². The zero-order valence-electron chi connectivity index (χ0n) is 21.4. The van der Waals surface area contributed by atoms with Crippen molar-refractivity contribution in [1.29, 1.82) is 0 Å². The van der Waals surface area contributed by atoms with Crippen LogP contribution in [-0.2, 0) is 10.3 Å². The monoisotopic (exact) mass is 517 g/mol. The van der Waals surface area contributed by atoms with Crippen molar-refractivity contribution in [3.05, 3.63) is 131 Å². The lowest BCUT2D eigenvalue weighted by atomic mass is 9.84. The molecule has 39 heavy (non-hydrogen) atoms. The van der Waals surface area contributed by atoms with E-state index in [9.17, 15) is 19.2 Å². The van der Waals surface area contributed by atoms with Crippen molar-refractivity contribution in [3.63, 3.8) is 0 Å². The molecule has 0 saturated carbocycles. The first-order chi connectivity index (χ1) is 18.9. The molecule has 3 amide bonds. The van der Waals surface area contributed by atoms with Crippen LogP contribution in [0.15, 0.2) is 109 Å². The average molecular weight is 518 g/mol. The Kier molecular flexibility index (Phi) is 7.06. The summed E-state index contributed by atoms with van der Waals surface area (Å²) < 4.78 is 0. The first kappa shape index (κ1) is 25.6. The summed E-state index contributed by atoms with van der Waals surface area (Å²) in [6, 6.07) is 30.9. The van der Waals surface area contributed by atoms with Crippen LogP contribution in [0.5, 0.6) is 0 Å². The van der Waals surface area contributed by atoms with Gasteiger partial charge in [0, 0.05) is 28.8 Å². The van der Waals surface area contributed by atoms with E-state index in [1.807, 2.05) is 25.1 Å². The van der Waals surface area contributed by atoms with Crippen LogP contribution in [0.2, 0.25) is 0 Å². The van der Waals surface area contributed by atoms with E-state index < -0.39 is 17.5 Å². The molecular formula is C32H27N3O4. The number of carbonyl (C=O) groups is 4. The fraction of sp³-hybridized carbons (Fsp3) is 0.125. The first-order valence-corrected chi connectivity index (χ1v) is 12.6. The zero-order valence-corrected chi connectivity index (χ0v) is 21.4. The molecule has 2 N–H and O–H groups in total. The molecule has 0 fully saturated rings. The number of aryl methyl sites for hydroxylation is 1. The summed E-state index contributed by atoms with van der Waals surface area (Å²) in [5.74, 6) is -1.12. The predicted molar refractivity (Wildman–Crippen MR) is 150 cm³/mol. The highest BCUT2D eigenvalue weighted by Crippen LogP contribution is 2.43. The number of rotatable bonds is 8. The third-order valence-electron chi connectivity index (χ3n) is 6.82. The van der Waals surface area contributed by atoms with Crippen LogP contribution in [0.3, 0.4) is 0 Å². The lowest BCUT2D eigenvalue weighted by Crippen LogP contribution is -2.55. The lowest BCUT2D eigenvalue weighted by molar-refractivity contribution is -0.123. The predicted octanol–water partition coefficient (Wildman–Crippen LogP) is 5.51. The topological polar surface area (TPSA) is 95.6 Å². The summed E-state index contributed by atoms with van der Waals surface area (Å²) in [5, 5.41) is 5.60. The van der Waals surface area contributed by atoms with Gasteiger partial charge in [-0.25, -0.2) is 4.79 Å². The fourth-order valence-corrected chi connectivity index (χ4v) is 4.84. The molecule has 0 bridgehead atoms. The highest BCUT2D eigenvalue weighted by atomic mass is 16.2. The summed E-state index contributed by atoms with van der Waals surface area (Å²) in [4.78, 5) is 55.5. The summed E-state index contributed by atoms with van der Waals surface area (Å²) in [6.07, 6.45) is -0.315. The number of nitrogens with one attached hydrogen (secondary N) is 2. The van der Waals surface area contributed by atoms with Crippen molar-refractivity contribution in [2.24, 2.45) is 0 Å². The van der Waals surface area contributed by atoms with E-state index in [4.69, 9.17) is 0 Å². The molecule has 1 aliphatic rings. The molecule has 0 spiro atoms. The van der Waals surface area contributed by atoms with E-state index in [0.717, 1.165) is 5.56 Å². The number of ketones is 2. The second kappa shape index (κ2) is 10.8. The van der Waals surface area contributed by atoms with E-state index in [2.05, 4.69) is 10.6 Å². The highest BCUT2D eigenvalue weighted by molar-refractivity contribution is 6.16. The number of nitrogens with zero attached hydrogens (tertiary/aromatic N) is 1. The van der Waals surface area contributed by atoms with Crippen LogP contribution in [0.4, 0.5) is 16.2 Å². The summed E-state index contributed by atoms with van der Waals surface area (Å²) in [5.41, 5.74) is 1.67. The zero-order chi connectivity index (χ0) is 27.4. The number of amides is 3. The van der Waals surface area contributed by atoms with Crippen LogP contribution < -0.4 is 15.5 Å². The Labute approximate surface area is 226 Å². The first-order valence-electron chi connectivity index (χ1n) is 12.6. The maximum absolute atomic E-state index is 14.2. The van der Waals surface area contributed by atoms with E-state index in [1.54, 1.807) is 91.0 Å². The van der Waals surface area contributed by atoms with Gasteiger partial charge >= 0.3 is 6.03 Å². The minimum atomic E-state index is -1.71. The van der Waals surface area contributed by atoms with Gasteiger partial charge in [0.2, 0.25) is 0 Å². The minimum absolute atomic E-state index is 0.234. The van der Waals surface area contributed by atoms with Gasteiger partial charge in [0.1, 0.15) is 0 Å². The number of hydrogen-bond acceptors (Lipinski definition) is 4. The number of hydrogen-bond donors (Lipinski definition) is 2. The SMILES string of the molecule is Cc1ccc(NC(=O)N[C@]2(CC(=O)c3ccccc3)C(=O)N(CC(=O)c3ccccc3)c3ccccc32)cc1. The van der Waals surface area contributed by atoms with Crippen LogP contribution in [-0.4, -0.2) is 30.0 Å². The Morgan fingerprint density at radius 3 is 1.92 bits per heavy atom. The standard InChI is InChI=1S/C32H27N3O4/c1-22-16-18-25(19-17-22)33-31(39)34-32(20-28(36)23-10-4-2-5-11-23)26-14-8-9-15-27(26)35(30(32)38)21-29(37)24-12-6-3-7-13-24/h2-19H,20-21H2,1H3,(H2,33,34,39)/t32-/m0/s1. The van der Waals surface area contributed by atoms with Crippen LogP contribution >= 0.6 is 0 Å². The molecular weight excluding hydrogens is 490 g/mol. The molecule has 4 aromatic carbocycles. The van der Waals surface area contributed by atoms with Gasteiger partial charge in [-0.3, -0.25) is 14.4 Å². The molecule has 0 aromatic heterocycles. The Bertz CT molecular complexity index is 1530. The number of Topliss-reactive ketones (excluding diaryl/α,β-unsaturated/α-hetero) is 2. The molecule has 7 nitrogen and oxygen atoms in total. The Hall–Kier alpha value is -5.04. The largest absolute Gasteiger partial charge is 0.320 e. The third-order valence-corrected chi connectivity index (χ3v) is 6.82. The van der Waals surface area contributed by atoms with Gasteiger partial charge in [0.05, 0.1) is 12.2 Å². The molecule has 194 valence electrons. The van der Waals surface area contributed by atoms with Crippen LogP contribution in [0.1, 0.15) is 38.3 Å². The number of benzene rings is 4. The maximum atomic E-state index is 14.2. The molecule has 1 aliphatic heterocycles. The normalized spacial score (nSPS) is 15.9. The molecule has 1 heterocycles. The summed E-state index contributed by atoms with van der Waals surface area (Å²) >= 11 is 0. The molecule has 0 saturated heterocycles. The Morgan fingerprint density at radius 1 is 0.718 bits per heavy atom. The second-order valence-electron chi connectivity index (χ2n) is 9.51. The van der Waals surface area contributed by atoms with Crippen molar-refractivity contribution in [2.75, 3.05) is 16.8 Å². The average Bonchev–Trinajstić information content (AvgIpc) is 3.17. The maximum Gasteiger partial charge on any atom is 0.320 e. The number of anilines is 2. The van der Waals surface area contributed by atoms with Gasteiger partial charge < -0.3 is 15.5 Å². The second-order valence-corrected chi connectivity index (χ2v) is 9.51. The molecule has 5 rings (SSSR count). The molecule has 7 heteroatoms. The molecule has 0 unspecified atom stereocenters. The lowest BCUT2D eigenvalue weighted by Gasteiger charge is -2.29. The van der Waals surface area contributed by atoms with Crippen molar-refractivity contribution >= 4 is 34.9 Å². The fourth-order valence-electron chi connectivity index (χ4n) is 4.84. The van der Waals surface area contributed by atoms with E-state index in [-0.39, 0.29) is 24.5 Å². The van der Waals surface area contributed by atoms with Crippen LogP contribution in [0, 0.1) is 6.92 Å². The quantitative estimate of drug-likeness (QED) is 0.301. The van der Waals surface area contributed by atoms with Gasteiger partial charge in [-0.05, 0) is 25.1 Å². The van der Waals surface area contributed by atoms with Gasteiger partial charge in [-0.2, -0.15) is 0 Å². The summed E-state index contributed by atoms with van der Waals surface area (Å²) in [7, 11) is 0. The number of para-hydroxylation sites is 1. The number of carbonyl (C=O) groups excluding carboxylic acids is 4. The molecule has 0 aliphatic carbocycles. The van der Waals surface area contributed by atoms with Crippen LogP contribution in [0.25, 0.3) is 0 Å². The van der Waals surface area contributed by atoms with E-state index >= 15 is 0 Å². The van der Waals surface area contributed by atoms with Crippen molar-refractivity contribution in [3.8, 4) is 0 Å².